The number of fused-ring (bicyclic) bond motifs is 1. The molecule has 2 aliphatic heterocycles. The first-order valence-electron chi connectivity index (χ1n) is 11.1. The first kappa shape index (κ1) is 25.0. The lowest BCUT2D eigenvalue weighted by molar-refractivity contribution is -0.0500. The van der Waals surface area contributed by atoms with Crippen LogP contribution in [0.25, 0.3) is 0 Å². The third kappa shape index (κ3) is 4.74. The molecule has 13 heteroatoms. The van der Waals surface area contributed by atoms with Crippen LogP contribution in [0.4, 0.5) is 19.0 Å². The minimum Gasteiger partial charge on any atom is -0.433 e. The number of amidine groups is 1. The fraction of sp³-hybridized carbons (Fsp3) is 0.455. The van der Waals surface area contributed by atoms with E-state index in [0.29, 0.717) is 13.0 Å². The Bertz CT molecular complexity index is 1210. The standard InChI is InChI=1S/C22H27F3N6O3S/c1-21(12-35(33)22(2,19(26)31-21)9-3-4-10-28-35)17-14(23)6-8-16(29-17)30-18(32)15-7-5-13(11-27-15)34-20(24)25/h5-8,11,20,35H,3-4,9-10,12H2,1-2H3,(H2,26,31)(H,28,33)(H,29,30,32). The molecule has 2 unspecified atom stereocenters. The van der Waals surface area contributed by atoms with Crippen LogP contribution in [0.3, 0.4) is 0 Å². The molecule has 2 aromatic rings. The highest BCUT2D eigenvalue weighted by Gasteiger charge is 2.52. The summed E-state index contributed by atoms with van der Waals surface area (Å²) >= 11 is 0. The second kappa shape index (κ2) is 9.19. The molecule has 0 aliphatic carbocycles. The Morgan fingerprint density at radius 3 is 2.71 bits per heavy atom. The van der Waals surface area contributed by atoms with E-state index in [1.807, 2.05) is 6.92 Å². The molecule has 35 heavy (non-hydrogen) atoms. The summed E-state index contributed by atoms with van der Waals surface area (Å²) in [6.45, 7) is 0.996. The van der Waals surface area contributed by atoms with Crippen LogP contribution in [0.15, 0.2) is 35.5 Å². The average Bonchev–Trinajstić information content (AvgIpc) is 2.93. The number of rotatable bonds is 5. The first-order valence-corrected chi connectivity index (χ1v) is 12.9. The molecule has 1 saturated heterocycles. The molecule has 1 fully saturated rings. The topological polar surface area (TPSA) is 132 Å². The number of aliphatic imine (C=N–C) groups is 1. The summed E-state index contributed by atoms with van der Waals surface area (Å²) in [5.74, 6) is -1.36. The van der Waals surface area contributed by atoms with E-state index >= 15 is 0 Å². The largest absolute Gasteiger partial charge is 0.433 e. The van der Waals surface area contributed by atoms with Gasteiger partial charge >= 0.3 is 6.61 Å². The third-order valence-electron chi connectivity index (χ3n) is 6.50. The van der Waals surface area contributed by atoms with Crippen LogP contribution in [-0.2, 0) is 15.7 Å². The van der Waals surface area contributed by atoms with Gasteiger partial charge in [-0.2, -0.15) is 8.78 Å². The molecule has 190 valence electrons. The van der Waals surface area contributed by atoms with Gasteiger partial charge in [-0.15, -0.1) is 0 Å². The number of nitrogens with zero attached hydrogens (tertiary/aromatic N) is 3. The second-order valence-electron chi connectivity index (χ2n) is 9.05. The van der Waals surface area contributed by atoms with E-state index in [1.54, 1.807) is 6.92 Å². The van der Waals surface area contributed by atoms with Gasteiger partial charge in [0.15, 0.2) is 0 Å². The van der Waals surface area contributed by atoms with Gasteiger partial charge in [0.25, 0.3) is 5.91 Å². The van der Waals surface area contributed by atoms with Gasteiger partial charge in [0.05, 0.1) is 10.9 Å². The van der Waals surface area contributed by atoms with Crippen molar-refractivity contribution in [3.63, 3.8) is 0 Å². The number of carbonyl (C=O) groups excluding carboxylic acids is 1. The maximum atomic E-state index is 15.0. The smallest absolute Gasteiger partial charge is 0.387 e. The average molecular weight is 513 g/mol. The molecule has 4 heterocycles. The Kier molecular flexibility index (Phi) is 6.58. The molecule has 0 aromatic carbocycles. The van der Waals surface area contributed by atoms with Crippen LogP contribution < -0.4 is 20.5 Å². The van der Waals surface area contributed by atoms with Crippen LogP contribution in [0.2, 0.25) is 0 Å². The Hall–Kier alpha value is -3.06. The van der Waals surface area contributed by atoms with Crippen LogP contribution in [-0.4, -0.2) is 49.6 Å². The Morgan fingerprint density at radius 1 is 1.26 bits per heavy atom. The minimum absolute atomic E-state index is 0.0107. The van der Waals surface area contributed by atoms with Gasteiger partial charge in [-0.05, 0) is 61.1 Å². The number of carbonyl (C=O) groups is 1. The Balaban J connectivity index is 1.62. The molecular weight excluding hydrogens is 485 g/mol. The molecule has 1 amide bonds. The number of hydrogen-bond acceptors (Lipinski definition) is 7. The number of anilines is 1. The lowest BCUT2D eigenvalue weighted by Crippen LogP contribution is -2.64. The van der Waals surface area contributed by atoms with Crippen molar-refractivity contribution < 1.29 is 26.9 Å². The molecule has 2 atom stereocenters. The highest BCUT2D eigenvalue weighted by atomic mass is 32.3. The number of pyridine rings is 2. The van der Waals surface area contributed by atoms with Gasteiger partial charge in [-0.1, -0.05) is 6.42 Å². The van der Waals surface area contributed by atoms with Crippen molar-refractivity contribution in [1.82, 2.24) is 14.7 Å². The van der Waals surface area contributed by atoms with Gasteiger partial charge in [0.1, 0.15) is 40.1 Å². The van der Waals surface area contributed by atoms with E-state index in [9.17, 15) is 22.2 Å². The zero-order chi connectivity index (χ0) is 25.4. The van der Waals surface area contributed by atoms with Crippen molar-refractivity contribution in [3.05, 3.63) is 47.7 Å². The number of ether oxygens (including phenoxy) is 1. The monoisotopic (exact) mass is 512 g/mol. The SMILES string of the molecule is CC1(c2nc(NC(=O)c3ccc(OC(F)F)cn3)ccc2F)C[SH]2(=O)NCCCCC2(C)C(N)=N1. The molecule has 0 radical (unpaired) electrons. The summed E-state index contributed by atoms with van der Waals surface area (Å²) in [5, 5.41) is 2.50. The van der Waals surface area contributed by atoms with E-state index in [0.717, 1.165) is 25.1 Å². The number of thiol groups is 1. The van der Waals surface area contributed by atoms with Gasteiger partial charge in [-0.25, -0.2) is 14.4 Å². The third-order valence-corrected chi connectivity index (χ3v) is 10.3. The lowest BCUT2D eigenvalue weighted by atomic mass is 9.96. The molecule has 4 rings (SSSR count). The molecule has 0 saturated carbocycles. The zero-order valence-corrected chi connectivity index (χ0v) is 20.1. The van der Waals surface area contributed by atoms with Gasteiger partial charge in [0, 0.05) is 12.3 Å². The maximum Gasteiger partial charge on any atom is 0.387 e. The van der Waals surface area contributed by atoms with E-state index < -0.39 is 38.7 Å². The summed E-state index contributed by atoms with van der Waals surface area (Å²) in [6, 6.07) is 4.77. The molecule has 0 spiro atoms. The minimum atomic E-state index is -3.12. The van der Waals surface area contributed by atoms with Crippen molar-refractivity contribution >= 4 is 27.7 Å². The van der Waals surface area contributed by atoms with Gasteiger partial charge < -0.3 is 15.8 Å². The van der Waals surface area contributed by atoms with E-state index in [1.165, 1.54) is 18.2 Å². The molecular formula is C22H27F3N6O3S. The predicted octanol–water partition coefficient (Wildman–Crippen LogP) is 2.52. The summed E-state index contributed by atoms with van der Waals surface area (Å²) < 4.78 is 60.2. The summed E-state index contributed by atoms with van der Waals surface area (Å²) in [5.41, 5.74) is 4.81. The van der Waals surface area contributed by atoms with Crippen LogP contribution in [0.5, 0.6) is 5.75 Å². The highest BCUT2D eigenvalue weighted by molar-refractivity contribution is 8.03. The van der Waals surface area contributed by atoms with E-state index in [2.05, 4.69) is 29.7 Å². The van der Waals surface area contributed by atoms with E-state index in [4.69, 9.17) is 5.73 Å². The lowest BCUT2D eigenvalue weighted by Gasteiger charge is -2.48. The van der Waals surface area contributed by atoms with Crippen LogP contribution in [0, 0.1) is 5.82 Å². The van der Waals surface area contributed by atoms with Crippen molar-refractivity contribution in [2.75, 3.05) is 17.6 Å². The quantitative estimate of drug-likeness (QED) is 0.456. The van der Waals surface area contributed by atoms with Crippen molar-refractivity contribution in [2.45, 2.75) is 50.0 Å². The number of aromatic nitrogens is 2. The van der Waals surface area contributed by atoms with Crippen LogP contribution >= 0.6 is 0 Å². The highest BCUT2D eigenvalue weighted by Crippen LogP contribution is 2.43. The number of amides is 1. The van der Waals surface area contributed by atoms with Crippen molar-refractivity contribution in [2.24, 2.45) is 10.7 Å². The van der Waals surface area contributed by atoms with Gasteiger partial charge in [0.2, 0.25) is 0 Å². The van der Waals surface area contributed by atoms with E-state index in [-0.39, 0.29) is 34.5 Å². The normalized spacial score (nSPS) is 26.7. The number of halogens is 3. The molecule has 9 nitrogen and oxygen atoms in total. The molecule has 0 bridgehead atoms. The van der Waals surface area contributed by atoms with Crippen LogP contribution in [0.1, 0.15) is 49.3 Å². The first-order chi connectivity index (χ1) is 16.5. The fourth-order valence-corrected chi connectivity index (χ4v) is 7.85. The second-order valence-corrected chi connectivity index (χ2v) is 12.1. The Labute approximate surface area is 201 Å². The number of alkyl halides is 2. The maximum absolute atomic E-state index is 15.0. The fourth-order valence-electron chi connectivity index (χ4n) is 4.49. The number of nitrogens with two attached hydrogens (primary N) is 1. The molecule has 4 N–H and O–H groups in total. The zero-order valence-electron chi connectivity index (χ0n) is 19.2. The summed E-state index contributed by atoms with van der Waals surface area (Å²) in [7, 11) is -3.12. The van der Waals surface area contributed by atoms with Gasteiger partial charge in [-0.3, -0.25) is 18.7 Å². The van der Waals surface area contributed by atoms with Crippen molar-refractivity contribution in [3.8, 4) is 5.75 Å². The predicted molar refractivity (Wildman–Crippen MR) is 127 cm³/mol. The number of hydrogen-bond donors (Lipinski definition) is 4. The summed E-state index contributed by atoms with van der Waals surface area (Å²) in [4.78, 5) is 25.2. The van der Waals surface area contributed by atoms with Crippen molar-refractivity contribution in [1.29, 1.82) is 0 Å². The molecule has 2 aromatic heterocycles. The summed E-state index contributed by atoms with van der Waals surface area (Å²) in [6.07, 6.45) is 3.29. The Morgan fingerprint density at radius 2 is 2.03 bits per heavy atom. The molecule has 2 aliphatic rings. The number of nitrogens with one attached hydrogen (secondary N) is 2.